The molecule has 0 saturated carbocycles. The maximum absolute atomic E-state index is 12.4. The van der Waals surface area contributed by atoms with Crippen molar-refractivity contribution in [3.05, 3.63) is 42.5 Å². The van der Waals surface area contributed by atoms with Gasteiger partial charge in [-0.15, -0.1) is 0 Å². The Morgan fingerprint density at radius 2 is 2.04 bits per heavy atom. The maximum atomic E-state index is 12.4. The lowest BCUT2D eigenvalue weighted by Crippen LogP contribution is -2.26. The van der Waals surface area contributed by atoms with Gasteiger partial charge in [0.15, 0.2) is 5.58 Å². The lowest BCUT2D eigenvalue weighted by Gasteiger charge is -2.16. The van der Waals surface area contributed by atoms with Crippen molar-refractivity contribution in [3.63, 3.8) is 0 Å². The zero-order chi connectivity index (χ0) is 19.7. The predicted octanol–water partition coefficient (Wildman–Crippen LogP) is 3.42. The molecule has 0 spiro atoms. The predicted molar refractivity (Wildman–Crippen MR) is 103 cm³/mol. The molecule has 7 nitrogen and oxygen atoms in total. The molecule has 0 radical (unpaired) electrons. The fourth-order valence-corrected chi connectivity index (χ4v) is 3.32. The summed E-state index contributed by atoms with van der Waals surface area (Å²) in [4.78, 5) is 30.5. The summed E-state index contributed by atoms with van der Waals surface area (Å²) in [6, 6.07) is 12.8. The van der Waals surface area contributed by atoms with Crippen molar-refractivity contribution in [1.82, 2.24) is 4.98 Å². The molecule has 4 rings (SSSR count). The van der Waals surface area contributed by atoms with E-state index in [1.807, 2.05) is 24.3 Å². The molecule has 2 heterocycles. The first-order valence-corrected chi connectivity index (χ1v) is 9.11. The third-order valence-electron chi connectivity index (χ3n) is 4.76. The van der Waals surface area contributed by atoms with Crippen LogP contribution in [0.4, 0.5) is 5.69 Å². The maximum Gasteiger partial charge on any atom is 0.311 e. The summed E-state index contributed by atoms with van der Waals surface area (Å²) in [7, 11) is 1.61. The van der Waals surface area contributed by atoms with Crippen molar-refractivity contribution < 1.29 is 23.5 Å². The van der Waals surface area contributed by atoms with Gasteiger partial charge in [0.1, 0.15) is 11.3 Å². The number of esters is 1. The Morgan fingerprint density at radius 3 is 2.75 bits per heavy atom. The van der Waals surface area contributed by atoms with Gasteiger partial charge in [-0.05, 0) is 49.4 Å². The normalized spacial score (nSPS) is 16.6. The van der Waals surface area contributed by atoms with E-state index in [1.165, 1.54) is 0 Å². The van der Waals surface area contributed by atoms with Gasteiger partial charge in [-0.25, -0.2) is 4.98 Å². The minimum absolute atomic E-state index is 0.101. The van der Waals surface area contributed by atoms with E-state index >= 15 is 0 Å². The van der Waals surface area contributed by atoms with Crippen LogP contribution >= 0.6 is 0 Å². The molecule has 1 saturated heterocycles. The van der Waals surface area contributed by atoms with Crippen LogP contribution in [0.5, 0.6) is 5.75 Å². The van der Waals surface area contributed by atoms with Crippen LogP contribution < -0.4 is 9.64 Å². The zero-order valence-corrected chi connectivity index (χ0v) is 15.7. The molecular formula is C21H20N2O5. The molecule has 7 heteroatoms. The number of anilines is 1. The minimum atomic E-state index is -0.435. The quantitative estimate of drug-likeness (QED) is 0.631. The summed E-state index contributed by atoms with van der Waals surface area (Å²) in [6.07, 6.45) is 0.160. The van der Waals surface area contributed by atoms with Gasteiger partial charge in [0.2, 0.25) is 11.8 Å². The summed E-state index contributed by atoms with van der Waals surface area (Å²) in [6.45, 7) is 2.38. The van der Waals surface area contributed by atoms with Crippen LogP contribution in [0.15, 0.2) is 46.9 Å². The van der Waals surface area contributed by atoms with Crippen molar-refractivity contribution in [1.29, 1.82) is 0 Å². The molecule has 1 unspecified atom stereocenters. The third kappa shape index (κ3) is 3.31. The van der Waals surface area contributed by atoms with Crippen LogP contribution in [0.1, 0.15) is 13.3 Å². The second kappa shape index (κ2) is 7.34. The molecule has 1 fully saturated rings. The van der Waals surface area contributed by atoms with Gasteiger partial charge in [0.05, 0.1) is 19.6 Å². The van der Waals surface area contributed by atoms with Gasteiger partial charge >= 0.3 is 5.97 Å². The number of carbonyl (C=O) groups is 2. The number of carbonyl (C=O) groups excluding carboxylic acids is 2. The van der Waals surface area contributed by atoms with E-state index in [0.717, 1.165) is 11.3 Å². The van der Waals surface area contributed by atoms with Gasteiger partial charge in [-0.2, -0.15) is 0 Å². The standard InChI is InChI=1S/C21H20N2O5/c1-3-27-21(25)14-10-19(24)23(12-14)15-6-9-18-17(11-15)22-20(28-18)13-4-7-16(26-2)8-5-13/h4-9,11,14H,3,10,12H2,1-2H3. The molecule has 28 heavy (non-hydrogen) atoms. The monoisotopic (exact) mass is 380 g/mol. The largest absolute Gasteiger partial charge is 0.497 e. The minimum Gasteiger partial charge on any atom is -0.497 e. The Labute approximate surface area is 161 Å². The fraction of sp³-hybridized carbons (Fsp3) is 0.286. The topological polar surface area (TPSA) is 81.9 Å². The van der Waals surface area contributed by atoms with E-state index in [0.29, 0.717) is 35.8 Å². The number of aromatic nitrogens is 1. The molecule has 0 N–H and O–H groups in total. The first-order valence-electron chi connectivity index (χ1n) is 9.11. The van der Waals surface area contributed by atoms with Gasteiger partial charge in [0, 0.05) is 24.2 Å². The number of rotatable bonds is 5. The van der Waals surface area contributed by atoms with Gasteiger partial charge in [0.25, 0.3) is 0 Å². The average molecular weight is 380 g/mol. The molecule has 2 aromatic carbocycles. The number of methoxy groups -OCH3 is 1. The molecule has 1 aromatic heterocycles. The molecule has 0 bridgehead atoms. The summed E-state index contributed by atoms with van der Waals surface area (Å²) >= 11 is 0. The van der Waals surface area contributed by atoms with Crippen LogP contribution in [-0.2, 0) is 14.3 Å². The van der Waals surface area contributed by atoms with Gasteiger partial charge in [-0.1, -0.05) is 0 Å². The Bertz CT molecular complexity index is 1020. The van der Waals surface area contributed by atoms with E-state index in [9.17, 15) is 9.59 Å². The molecule has 1 aliphatic heterocycles. The number of ether oxygens (including phenoxy) is 2. The van der Waals surface area contributed by atoms with E-state index in [4.69, 9.17) is 13.9 Å². The fourth-order valence-electron chi connectivity index (χ4n) is 3.32. The lowest BCUT2D eigenvalue weighted by atomic mass is 10.1. The van der Waals surface area contributed by atoms with Crippen LogP contribution in [0.25, 0.3) is 22.6 Å². The highest BCUT2D eigenvalue weighted by molar-refractivity contribution is 6.00. The van der Waals surface area contributed by atoms with Crippen LogP contribution in [0, 0.1) is 5.92 Å². The van der Waals surface area contributed by atoms with E-state index in [1.54, 1.807) is 37.1 Å². The van der Waals surface area contributed by atoms with Crippen molar-refractivity contribution in [3.8, 4) is 17.2 Å². The van der Waals surface area contributed by atoms with Crippen molar-refractivity contribution in [2.45, 2.75) is 13.3 Å². The highest BCUT2D eigenvalue weighted by atomic mass is 16.5. The summed E-state index contributed by atoms with van der Waals surface area (Å²) < 4.78 is 16.0. The molecule has 1 atom stereocenters. The molecular weight excluding hydrogens is 360 g/mol. The number of hydrogen-bond donors (Lipinski definition) is 0. The summed E-state index contributed by atoms with van der Waals surface area (Å²) in [5, 5.41) is 0. The van der Waals surface area contributed by atoms with E-state index < -0.39 is 5.92 Å². The van der Waals surface area contributed by atoms with Crippen LogP contribution in [-0.4, -0.2) is 37.1 Å². The SMILES string of the molecule is CCOC(=O)C1CC(=O)N(c2ccc3oc(-c4ccc(OC)cc4)nc3c2)C1. The number of amides is 1. The number of oxazole rings is 1. The van der Waals surface area contributed by atoms with Crippen LogP contribution in [0.3, 0.4) is 0 Å². The van der Waals surface area contributed by atoms with Crippen molar-refractivity contribution in [2.24, 2.45) is 5.92 Å². The average Bonchev–Trinajstić information content (AvgIpc) is 3.31. The Hall–Kier alpha value is -3.35. The second-order valence-corrected chi connectivity index (χ2v) is 6.56. The van der Waals surface area contributed by atoms with Crippen molar-refractivity contribution >= 4 is 28.7 Å². The van der Waals surface area contributed by atoms with E-state index in [2.05, 4.69) is 4.98 Å². The Kier molecular flexibility index (Phi) is 4.73. The molecule has 3 aromatic rings. The number of hydrogen-bond acceptors (Lipinski definition) is 6. The number of nitrogens with zero attached hydrogens (tertiary/aromatic N) is 2. The number of benzene rings is 2. The van der Waals surface area contributed by atoms with Gasteiger partial charge < -0.3 is 18.8 Å². The zero-order valence-electron chi connectivity index (χ0n) is 15.7. The van der Waals surface area contributed by atoms with Crippen molar-refractivity contribution in [2.75, 3.05) is 25.2 Å². The Balaban J connectivity index is 1.59. The molecule has 1 amide bonds. The molecule has 0 aliphatic carbocycles. The number of fused-ring (bicyclic) bond motifs is 1. The molecule has 1 aliphatic rings. The first kappa shape index (κ1) is 18.0. The lowest BCUT2D eigenvalue weighted by molar-refractivity contribution is -0.147. The van der Waals surface area contributed by atoms with E-state index in [-0.39, 0.29) is 18.3 Å². The second-order valence-electron chi connectivity index (χ2n) is 6.56. The highest BCUT2D eigenvalue weighted by Gasteiger charge is 2.36. The summed E-state index contributed by atoms with van der Waals surface area (Å²) in [5.41, 5.74) is 2.80. The smallest absolute Gasteiger partial charge is 0.311 e. The highest BCUT2D eigenvalue weighted by Crippen LogP contribution is 2.31. The molecule has 144 valence electrons. The third-order valence-corrected chi connectivity index (χ3v) is 4.76. The summed E-state index contributed by atoms with van der Waals surface area (Å²) in [5.74, 6) is 0.382. The first-order chi connectivity index (χ1) is 13.6. The van der Waals surface area contributed by atoms with Gasteiger partial charge in [-0.3, -0.25) is 9.59 Å². The van der Waals surface area contributed by atoms with Crippen LogP contribution in [0.2, 0.25) is 0 Å². The Morgan fingerprint density at radius 1 is 1.25 bits per heavy atom.